The van der Waals surface area contributed by atoms with Crippen LogP contribution in [0, 0.1) is 5.92 Å². The third kappa shape index (κ3) is 7.31. The summed E-state index contributed by atoms with van der Waals surface area (Å²) in [6, 6.07) is 6.42. The van der Waals surface area contributed by atoms with Crippen molar-refractivity contribution in [3.05, 3.63) is 35.4 Å². The van der Waals surface area contributed by atoms with Crippen molar-refractivity contribution < 1.29 is 19.1 Å². The molecule has 0 fully saturated rings. The number of esters is 2. The standard InChI is InChI=1S/C19H28O4/c1-4-6-7-8-13-22-18(20)16-9-11-17(12-10-16)19(21)23-14-15(3)5-2/h9-12,15H,4-8,13-14H2,1-3H3. The molecule has 0 aliphatic carbocycles. The van der Waals surface area contributed by atoms with Crippen molar-refractivity contribution in [2.75, 3.05) is 13.2 Å². The molecular formula is C19H28O4. The van der Waals surface area contributed by atoms with E-state index in [2.05, 4.69) is 13.8 Å². The van der Waals surface area contributed by atoms with Crippen molar-refractivity contribution in [1.82, 2.24) is 0 Å². The van der Waals surface area contributed by atoms with E-state index in [1.165, 1.54) is 0 Å². The van der Waals surface area contributed by atoms with Gasteiger partial charge in [-0.2, -0.15) is 0 Å². The molecule has 0 bridgehead atoms. The number of hydrogen-bond donors (Lipinski definition) is 0. The van der Waals surface area contributed by atoms with E-state index in [1.807, 2.05) is 6.92 Å². The Balaban J connectivity index is 2.42. The largest absolute Gasteiger partial charge is 0.462 e. The van der Waals surface area contributed by atoms with E-state index < -0.39 is 0 Å². The number of ether oxygens (including phenoxy) is 2. The summed E-state index contributed by atoms with van der Waals surface area (Å²) >= 11 is 0. The zero-order chi connectivity index (χ0) is 17.1. The normalized spacial score (nSPS) is 11.8. The molecule has 0 heterocycles. The summed E-state index contributed by atoms with van der Waals surface area (Å²) < 4.78 is 10.4. The maximum Gasteiger partial charge on any atom is 0.338 e. The van der Waals surface area contributed by atoms with Crippen LogP contribution in [0.5, 0.6) is 0 Å². The zero-order valence-electron chi connectivity index (χ0n) is 14.5. The Morgan fingerprint density at radius 1 is 0.913 bits per heavy atom. The van der Waals surface area contributed by atoms with Crippen LogP contribution in [0.3, 0.4) is 0 Å². The molecule has 128 valence electrons. The Morgan fingerprint density at radius 3 is 2.00 bits per heavy atom. The highest BCUT2D eigenvalue weighted by Gasteiger charge is 2.11. The summed E-state index contributed by atoms with van der Waals surface area (Å²) in [5.41, 5.74) is 0.909. The molecule has 0 saturated heterocycles. The Labute approximate surface area is 139 Å². The highest BCUT2D eigenvalue weighted by atomic mass is 16.5. The van der Waals surface area contributed by atoms with Gasteiger partial charge in [0.1, 0.15) is 0 Å². The van der Waals surface area contributed by atoms with Crippen molar-refractivity contribution >= 4 is 11.9 Å². The third-order valence-electron chi connectivity index (χ3n) is 3.78. The van der Waals surface area contributed by atoms with Crippen LogP contribution in [0.1, 0.15) is 73.6 Å². The summed E-state index contributed by atoms with van der Waals surface area (Å²) in [7, 11) is 0. The van der Waals surface area contributed by atoms with Gasteiger partial charge in [-0.1, -0.05) is 46.5 Å². The number of hydrogen-bond acceptors (Lipinski definition) is 4. The quantitative estimate of drug-likeness (QED) is 0.466. The monoisotopic (exact) mass is 320 g/mol. The van der Waals surface area contributed by atoms with Gasteiger partial charge >= 0.3 is 11.9 Å². The fourth-order valence-corrected chi connectivity index (χ4v) is 1.94. The van der Waals surface area contributed by atoms with Crippen molar-refractivity contribution in [2.45, 2.75) is 52.9 Å². The minimum Gasteiger partial charge on any atom is -0.462 e. The van der Waals surface area contributed by atoms with Gasteiger partial charge in [0.25, 0.3) is 0 Å². The highest BCUT2D eigenvalue weighted by molar-refractivity contribution is 5.93. The van der Waals surface area contributed by atoms with Crippen molar-refractivity contribution in [3.63, 3.8) is 0 Å². The zero-order valence-corrected chi connectivity index (χ0v) is 14.5. The van der Waals surface area contributed by atoms with E-state index in [0.717, 1.165) is 32.1 Å². The van der Waals surface area contributed by atoms with Crippen molar-refractivity contribution in [2.24, 2.45) is 5.92 Å². The van der Waals surface area contributed by atoms with Crippen LogP contribution in [0.4, 0.5) is 0 Å². The Kier molecular flexibility index (Phi) is 9.03. The lowest BCUT2D eigenvalue weighted by Gasteiger charge is -2.10. The number of carbonyl (C=O) groups excluding carboxylic acids is 2. The topological polar surface area (TPSA) is 52.6 Å². The molecule has 0 aliphatic rings. The van der Waals surface area contributed by atoms with Crippen LogP contribution in [0.25, 0.3) is 0 Å². The molecule has 1 aromatic rings. The molecule has 0 aliphatic heterocycles. The summed E-state index contributed by atoms with van der Waals surface area (Å²) in [5.74, 6) is -0.355. The number of benzene rings is 1. The average molecular weight is 320 g/mol. The first kappa shape index (κ1) is 19.2. The number of unbranched alkanes of at least 4 members (excludes halogenated alkanes) is 3. The van der Waals surface area contributed by atoms with Crippen LogP contribution in [0.15, 0.2) is 24.3 Å². The van der Waals surface area contributed by atoms with Gasteiger partial charge in [0.2, 0.25) is 0 Å². The summed E-state index contributed by atoms with van der Waals surface area (Å²) in [6.45, 7) is 7.09. The molecule has 0 radical (unpaired) electrons. The van der Waals surface area contributed by atoms with Gasteiger partial charge < -0.3 is 9.47 Å². The Bertz CT molecular complexity index is 479. The lowest BCUT2D eigenvalue weighted by atomic mass is 10.1. The molecule has 0 N–H and O–H groups in total. The second-order valence-corrected chi connectivity index (χ2v) is 5.89. The predicted octanol–water partition coefficient (Wildman–Crippen LogP) is 4.63. The highest BCUT2D eigenvalue weighted by Crippen LogP contribution is 2.10. The first-order valence-electron chi connectivity index (χ1n) is 8.52. The van der Waals surface area contributed by atoms with Gasteiger partial charge in [-0.3, -0.25) is 0 Å². The first-order chi connectivity index (χ1) is 11.1. The van der Waals surface area contributed by atoms with Crippen molar-refractivity contribution in [1.29, 1.82) is 0 Å². The van der Waals surface area contributed by atoms with Gasteiger partial charge in [0.05, 0.1) is 24.3 Å². The molecule has 0 aromatic heterocycles. The smallest absolute Gasteiger partial charge is 0.338 e. The molecule has 23 heavy (non-hydrogen) atoms. The van der Waals surface area contributed by atoms with Crippen molar-refractivity contribution in [3.8, 4) is 0 Å². The van der Waals surface area contributed by atoms with E-state index in [1.54, 1.807) is 24.3 Å². The molecule has 0 saturated carbocycles. The Hall–Kier alpha value is -1.84. The lowest BCUT2D eigenvalue weighted by Crippen LogP contribution is -2.12. The molecule has 1 atom stereocenters. The summed E-state index contributed by atoms with van der Waals surface area (Å²) in [6.07, 6.45) is 5.24. The molecule has 0 amide bonds. The van der Waals surface area contributed by atoms with Crippen LogP contribution >= 0.6 is 0 Å². The molecule has 0 spiro atoms. The molecule has 4 nitrogen and oxygen atoms in total. The van der Waals surface area contributed by atoms with Gasteiger partial charge in [-0.25, -0.2) is 9.59 Å². The van der Waals surface area contributed by atoms with E-state index in [4.69, 9.17) is 9.47 Å². The van der Waals surface area contributed by atoms with Gasteiger partial charge in [-0.15, -0.1) is 0 Å². The summed E-state index contributed by atoms with van der Waals surface area (Å²) in [4.78, 5) is 23.8. The minimum absolute atomic E-state index is 0.346. The molecule has 4 heteroatoms. The Morgan fingerprint density at radius 2 is 1.48 bits per heavy atom. The van der Waals surface area contributed by atoms with Crippen LogP contribution < -0.4 is 0 Å². The van der Waals surface area contributed by atoms with Gasteiger partial charge in [-0.05, 0) is 36.6 Å². The fraction of sp³-hybridized carbons (Fsp3) is 0.579. The van der Waals surface area contributed by atoms with E-state index in [0.29, 0.717) is 30.3 Å². The second-order valence-electron chi connectivity index (χ2n) is 5.89. The van der Waals surface area contributed by atoms with E-state index in [9.17, 15) is 9.59 Å². The number of carbonyl (C=O) groups is 2. The average Bonchev–Trinajstić information content (AvgIpc) is 2.59. The molecular weight excluding hydrogens is 292 g/mol. The summed E-state index contributed by atoms with van der Waals surface area (Å²) in [5, 5.41) is 0. The maximum absolute atomic E-state index is 11.9. The maximum atomic E-state index is 11.9. The molecule has 1 rings (SSSR count). The van der Waals surface area contributed by atoms with E-state index >= 15 is 0 Å². The third-order valence-corrected chi connectivity index (χ3v) is 3.78. The van der Waals surface area contributed by atoms with Gasteiger partial charge in [0.15, 0.2) is 0 Å². The molecule has 1 unspecified atom stereocenters. The van der Waals surface area contributed by atoms with E-state index in [-0.39, 0.29) is 11.9 Å². The lowest BCUT2D eigenvalue weighted by molar-refractivity contribution is 0.0443. The van der Waals surface area contributed by atoms with Crippen LogP contribution in [-0.2, 0) is 9.47 Å². The predicted molar refractivity (Wildman–Crippen MR) is 90.6 cm³/mol. The van der Waals surface area contributed by atoms with Gasteiger partial charge in [0, 0.05) is 0 Å². The first-order valence-corrected chi connectivity index (χ1v) is 8.52. The van der Waals surface area contributed by atoms with Crippen LogP contribution in [0.2, 0.25) is 0 Å². The van der Waals surface area contributed by atoms with Crippen LogP contribution in [-0.4, -0.2) is 25.2 Å². The number of rotatable bonds is 10. The fourth-order valence-electron chi connectivity index (χ4n) is 1.94. The molecule has 1 aromatic carbocycles. The minimum atomic E-state index is -0.357. The SMILES string of the molecule is CCCCCCOC(=O)c1ccc(C(=O)OCC(C)CC)cc1. The second kappa shape index (κ2) is 10.8.